The number of amides is 4. The van der Waals surface area contributed by atoms with Gasteiger partial charge in [0.25, 0.3) is 11.8 Å². The molecule has 4 N–H and O–H groups in total. The van der Waals surface area contributed by atoms with Crippen molar-refractivity contribution in [3.63, 3.8) is 0 Å². The SMILES string of the molecule is COc1cccc(O)c1[C@H]1C2=CC[C@@H]3C(=O)N(c4cccc(B(O)O)c4)C(=O)[C@@H]3[C@@H]2C[C@H]2C(=O)N(Nc3ncc(C(F)(F)F)cc3Cl)C(=O)[C@@]12c1ccc(Cl)cc1. The molecule has 1 aromatic heterocycles. The number of rotatable bonds is 7. The van der Waals surface area contributed by atoms with E-state index in [4.69, 9.17) is 27.9 Å². The summed E-state index contributed by atoms with van der Waals surface area (Å²) in [5.74, 6) is -8.84. The summed E-state index contributed by atoms with van der Waals surface area (Å²) in [7, 11) is -0.518. The van der Waals surface area contributed by atoms with E-state index >= 15 is 4.79 Å². The number of nitrogens with one attached hydrogen (secondary N) is 1. The van der Waals surface area contributed by atoms with E-state index in [1.54, 1.807) is 24.3 Å². The van der Waals surface area contributed by atoms with E-state index in [1.165, 1.54) is 55.6 Å². The number of phenols is 1. The number of hydrazine groups is 1. The standard InChI is InChI=1S/C39H30BCl2F3N4O8/c1-57-29-7-3-6-28(50)31(29)32-23-12-13-24-30(36(53)48(34(24)51)22-5-2-4-20(15-22)40(55)56)25(23)16-26-35(52)49(37(54)38(26,32)18-8-10-21(41)11-9-18)47-33-27(42)14-19(17-46-33)39(43,44)45/h2-12,14-15,17,24-26,30,32,50,55-56H,13,16H2,1H3,(H,46,47)/t24-,25+,26-,30-,32+,38+/m0/s1. The number of imide groups is 2. The van der Waals surface area contributed by atoms with Gasteiger partial charge in [-0.2, -0.15) is 18.2 Å². The molecule has 0 unspecified atom stereocenters. The Morgan fingerprint density at radius 3 is 2.33 bits per heavy atom. The summed E-state index contributed by atoms with van der Waals surface area (Å²) in [6.45, 7) is 0. The summed E-state index contributed by atoms with van der Waals surface area (Å²) in [6.07, 6.45) is -2.67. The van der Waals surface area contributed by atoms with Crippen molar-refractivity contribution in [2.75, 3.05) is 17.4 Å². The van der Waals surface area contributed by atoms with Crippen molar-refractivity contribution in [3.8, 4) is 11.5 Å². The third-order valence-corrected chi connectivity index (χ3v) is 12.1. The van der Waals surface area contributed by atoms with Crippen molar-refractivity contribution >= 4 is 70.9 Å². The predicted molar refractivity (Wildman–Crippen MR) is 200 cm³/mol. The second-order valence-electron chi connectivity index (χ2n) is 14.3. The summed E-state index contributed by atoms with van der Waals surface area (Å²) in [5.41, 5.74) is 0.522. The van der Waals surface area contributed by atoms with E-state index in [1.807, 2.05) is 0 Å². The minimum Gasteiger partial charge on any atom is -0.508 e. The van der Waals surface area contributed by atoms with Crippen LogP contribution in [0, 0.1) is 23.7 Å². The number of carbonyl (C=O) groups is 4. The first-order valence-corrected chi connectivity index (χ1v) is 18.4. The fourth-order valence-electron chi connectivity index (χ4n) is 9.18. The topological polar surface area (TPSA) is 170 Å². The molecule has 6 atom stereocenters. The largest absolute Gasteiger partial charge is 0.508 e. The summed E-state index contributed by atoms with van der Waals surface area (Å²) in [6, 6.07) is 16.9. The van der Waals surface area contributed by atoms with Gasteiger partial charge in [-0.25, -0.2) is 4.98 Å². The van der Waals surface area contributed by atoms with Crippen LogP contribution in [0.2, 0.25) is 10.0 Å². The number of methoxy groups -OCH3 is 1. The highest BCUT2D eigenvalue weighted by molar-refractivity contribution is 6.58. The lowest BCUT2D eigenvalue weighted by atomic mass is 9.49. The van der Waals surface area contributed by atoms with Gasteiger partial charge in [-0.05, 0) is 72.3 Å². The van der Waals surface area contributed by atoms with Crippen LogP contribution in [0.5, 0.6) is 11.5 Å². The predicted octanol–water partition coefficient (Wildman–Crippen LogP) is 4.99. The van der Waals surface area contributed by atoms with E-state index < -0.39 is 88.3 Å². The van der Waals surface area contributed by atoms with Crippen LogP contribution < -0.4 is 20.5 Å². The molecule has 18 heteroatoms. The number of hydrogen-bond acceptors (Lipinski definition) is 10. The molecule has 2 saturated heterocycles. The number of nitrogens with zero attached hydrogens (tertiary/aromatic N) is 3. The van der Waals surface area contributed by atoms with E-state index in [0.29, 0.717) is 27.9 Å². The summed E-state index contributed by atoms with van der Waals surface area (Å²) < 4.78 is 46.3. The number of hydrogen-bond donors (Lipinski definition) is 4. The maximum absolute atomic E-state index is 15.4. The third kappa shape index (κ3) is 5.87. The van der Waals surface area contributed by atoms with Gasteiger partial charge in [0.15, 0.2) is 5.82 Å². The zero-order valence-corrected chi connectivity index (χ0v) is 31.1. The number of aromatic nitrogens is 1. The highest BCUT2D eigenvalue weighted by Gasteiger charge is 2.71. The van der Waals surface area contributed by atoms with Crippen molar-refractivity contribution in [2.45, 2.75) is 30.4 Å². The average Bonchev–Trinajstić information content (AvgIpc) is 3.56. The number of fused-ring (bicyclic) bond motifs is 4. The Bertz CT molecular complexity index is 2400. The molecule has 12 nitrogen and oxygen atoms in total. The molecule has 2 aliphatic carbocycles. The minimum absolute atomic E-state index is 0.0306. The lowest BCUT2D eigenvalue weighted by molar-refractivity contribution is -0.139. The van der Waals surface area contributed by atoms with Gasteiger partial charge in [-0.1, -0.05) is 65.2 Å². The van der Waals surface area contributed by atoms with Crippen molar-refractivity contribution in [1.82, 2.24) is 9.99 Å². The van der Waals surface area contributed by atoms with Gasteiger partial charge >= 0.3 is 13.3 Å². The first-order chi connectivity index (χ1) is 27.1. The van der Waals surface area contributed by atoms with Crippen LogP contribution in [0.15, 0.2) is 90.6 Å². The van der Waals surface area contributed by atoms with E-state index in [9.17, 15) is 42.7 Å². The highest BCUT2D eigenvalue weighted by atomic mass is 35.5. The molecule has 4 amide bonds. The average molecular weight is 821 g/mol. The molecule has 292 valence electrons. The van der Waals surface area contributed by atoms with Crippen molar-refractivity contribution in [2.24, 2.45) is 23.7 Å². The first kappa shape index (κ1) is 38.5. The van der Waals surface area contributed by atoms with E-state index in [2.05, 4.69) is 10.4 Å². The Morgan fingerprint density at radius 2 is 1.67 bits per heavy atom. The normalized spacial score (nSPS) is 25.5. The van der Waals surface area contributed by atoms with Gasteiger partial charge < -0.3 is 19.9 Å². The maximum atomic E-state index is 15.4. The Balaban J connectivity index is 1.32. The van der Waals surface area contributed by atoms with Gasteiger partial charge in [-0.3, -0.25) is 29.5 Å². The van der Waals surface area contributed by atoms with Gasteiger partial charge in [0.1, 0.15) is 11.5 Å². The van der Waals surface area contributed by atoms with Crippen molar-refractivity contribution in [1.29, 1.82) is 0 Å². The number of pyridine rings is 1. The van der Waals surface area contributed by atoms with Crippen LogP contribution in [-0.4, -0.2) is 63.0 Å². The molecule has 0 radical (unpaired) electrons. The second kappa shape index (κ2) is 13.9. The summed E-state index contributed by atoms with van der Waals surface area (Å²) in [4.78, 5) is 63.7. The van der Waals surface area contributed by atoms with Crippen LogP contribution in [0.3, 0.4) is 0 Å². The molecule has 8 rings (SSSR count). The number of alkyl halides is 3. The molecular weight excluding hydrogens is 791 g/mol. The summed E-state index contributed by atoms with van der Waals surface area (Å²) >= 11 is 12.6. The van der Waals surface area contributed by atoms with Crippen LogP contribution in [0.4, 0.5) is 24.7 Å². The van der Waals surface area contributed by atoms with Gasteiger partial charge in [0.2, 0.25) is 11.8 Å². The fraction of sp³-hybridized carbons (Fsp3) is 0.256. The summed E-state index contributed by atoms with van der Waals surface area (Å²) in [5, 5.41) is 31.7. The number of anilines is 2. The molecule has 4 aromatic rings. The molecule has 0 spiro atoms. The third-order valence-electron chi connectivity index (χ3n) is 11.5. The number of allylic oxidation sites excluding steroid dienone is 2. The molecule has 4 aliphatic rings. The zero-order valence-electron chi connectivity index (χ0n) is 29.6. The van der Waals surface area contributed by atoms with Crippen LogP contribution in [0.1, 0.15) is 35.4 Å². The Hall–Kier alpha value is -5.42. The number of phenolic OH excluding ortho intramolecular Hbond substituents is 1. The van der Waals surface area contributed by atoms with E-state index in [-0.39, 0.29) is 46.6 Å². The van der Waals surface area contributed by atoms with Crippen LogP contribution in [-0.2, 0) is 30.8 Å². The molecular formula is C39H30BCl2F3N4O8. The lowest BCUT2D eigenvalue weighted by Gasteiger charge is -2.50. The van der Waals surface area contributed by atoms with Crippen LogP contribution >= 0.6 is 23.2 Å². The molecule has 57 heavy (non-hydrogen) atoms. The quantitative estimate of drug-likeness (QED) is 0.113. The molecule has 1 saturated carbocycles. The van der Waals surface area contributed by atoms with Gasteiger partial charge in [0, 0.05) is 22.7 Å². The van der Waals surface area contributed by atoms with Gasteiger partial charge in [-0.15, -0.1) is 0 Å². The number of halogens is 5. The Kier molecular flexibility index (Phi) is 9.38. The number of ether oxygens (including phenoxy) is 1. The second-order valence-corrected chi connectivity index (χ2v) is 15.1. The first-order valence-electron chi connectivity index (χ1n) is 17.6. The smallest absolute Gasteiger partial charge is 0.488 e. The van der Waals surface area contributed by atoms with E-state index in [0.717, 1.165) is 4.90 Å². The molecule has 3 fully saturated rings. The number of benzene rings is 3. The van der Waals surface area contributed by atoms with Crippen LogP contribution in [0.25, 0.3) is 0 Å². The zero-order chi connectivity index (χ0) is 40.7. The Labute approximate surface area is 332 Å². The highest BCUT2D eigenvalue weighted by Crippen LogP contribution is 2.66. The van der Waals surface area contributed by atoms with Crippen molar-refractivity contribution in [3.05, 3.63) is 117 Å². The molecule has 2 aliphatic heterocycles. The molecule has 3 aromatic carbocycles. The number of aromatic hydroxyl groups is 1. The Morgan fingerprint density at radius 1 is 0.947 bits per heavy atom. The van der Waals surface area contributed by atoms with Crippen molar-refractivity contribution < 1.29 is 52.2 Å². The number of carbonyl (C=O) groups excluding carboxylic acids is 4. The van der Waals surface area contributed by atoms with Gasteiger partial charge in [0.05, 0.1) is 46.6 Å². The maximum Gasteiger partial charge on any atom is 0.488 e. The fourth-order valence-corrected chi connectivity index (χ4v) is 9.51. The molecule has 0 bridgehead atoms. The monoisotopic (exact) mass is 820 g/mol. The molecule has 3 heterocycles. The lowest BCUT2D eigenvalue weighted by Crippen LogP contribution is -2.53. The minimum atomic E-state index is -4.79.